The van der Waals surface area contributed by atoms with Crippen molar-refractivity contribution in [3.8, 4) is 0 Å². The van der Waals surface area contributed by atoms with Crippen molar-refractivity contribution in [2.45, 2.75) is 25.5 Å². The van der Waals surface area contributed by atoms with Gasteiger partial charge in [0.05, 0.1) is 17.7 Å². The van der Waals surface area contributed by atoms with Gasteiger partial charge in [-0.05, 0) is 31.5 Å². The molecule has 5 heteroatoms. The molecule has 1 fully saturated rings. The molecule has 2 atom stereocenters. The minimum atomic E-state index is -0.472. The van der Waals surface area contributed by atoms with Gasteiger partial charge in [-0.1, -0.05) is 0 Å². The molecule has 17 heavy (non-hydrogen) atoms. The van der Waals surface area contributed by atoms with Crippen molar-refractivity contribution in [2.75, 3.05) is 12.3 Å². The number of amides is 1. The normalized spacial score (nSPS) is 23.6. The van der Waals surface area contributed by atoms with E-state index in [9.17, 15) is 9.18 Å². The highest BCUT2D eigenvalue weighted by molar-refractivity contribution is 5.99. The molecule has 0 bridgehead atoms. The van der Waals surface area contributed by atoms with Gasteiger partial charge >= 0.3 is 0 Å². The molecule has 1 aromatic rings. The Kier molecular flexibility index (Phi) is 3.28. The van der Waals surface area contributed by atoms with Crippen molar-refractivity contribution in [3.63, 3.8) is 0 Å². The van der Waals surface area contributed by atoms with Gasteiger partial charge in [-0.2, -0.15) is 0 Å². The van der Waals surface area contributed by atoms with Crippen LogP contribution in [-0.2, 0) is 4.74 Å². The number of hydrogen-bond acceptors (Lipinski definition) is 3. The summed E-state index contributed by atoms with van der Waals surface area (Å²) in [6.07, 6.45) is 0.746. The Balaban J connectivity index is 2.11. The highest BCUT2D eigenvalue weighted by Crippen LogP contribution is 2.16. The first-order valence-electron chi connectivity index (χ1n) is 5.55. The first-order chi connectivity index (χ1) is 8.08. The number of halogens is 1. The summed E-state index contributed by atoms with van der Waals surface area (Å²) in [6.45, 7) is 2.53. The van der Waals surface area contributed by atoms with Crippen molar-refractivity contribution in [2.24, 2.45) is 0 Å². The highest BCUT2D eigenvalue weighted by atomic mass is 19.1. The molecule has 4 nitrogen and oxygen atoms in total. The average Bonchev–Trinajstić information content (AvgIpc) is 2.68. The van der Waals surface area contributed by atoms with Gasteiger partial charge in [-0.3, -0.25) is 4.79 Å². The number of carbonyl (C=O) groups is 1. The lowest BCUT2D eigenvalue weighted by molar-refractivity contribution is 0.0866. The van der Waals surface area contributed by atoms with Gasteiger partial charge in [-0.15, -0.1) is 0 Å². The van der Waals surface area contributed by atoms with Crippen molar-refractivity contribution >= 4 is 11.6 Å². The molecule has 92 valence electrons. The first kappa shape index (κ1) is 11.9. The van der Waals surface area contributed by atoms with Crippen LogP contribution in [0.5, 0.6) is 0 Å². The van der Waals surface area contributed by atoms with Crippen molar-refractivity contribution in [1.82, 2.24) is 5.32 Å². The molecule has 1 aromatic carbocycles. The lowest BCUT2D eigenvalue weighted by Gasteiger charge is -2.16. The molecule has 1 aliphatic rings. The lowest BCUT2D eigenvalue weighted by Crippen LogP contribution is -2.39. The van der Waals surface area contributed by atoms with E-state index < -0.39 is 5.82 Å². The average molecular weight is 238 g/mol. The van der Waals surface area contributed by atoms with Crippen LogP contribution in [0.1, 0.15) is 23.7 Å². The van der Waals surface area contributed by atoms with E-state index in [1.54, 1.807) is 0 Å². The second-order valence-electron chi connectivity index (χ2n) is 4.18. The molecular formula is C12H15FN2O2. The van der Waals surface area contributed by atoms with Gasteiger partial charge in [0.25, 0.3) is 5.91 Å². The Bertz CT molecular complexity index is 437. The zero-order valence-electron chi connectivity index (χ0n) is 9.57. The van der Waals surface area contributed by atoms with Crippen LogP contribution in [0.25, 0.3) is 0 Å². The number of nitrogens with two attached hydrogens (primary N) is 1. The van der Waals surface area contributed by atoms with Crippen LogP contribution in [0.15, 0.2) is 18.2 Å². The molecular weight excluding hydrogens is 223 g/mol. The summed E-state index contributed by atoms with van der Waals surface area (Å²) >= 11 is 0. The van der Waals surface area contributed by atoms with Crippen LogP contribution in [0.2, 0.25) is 0 Å². The molecule has 0 radical (unpaired) electrons. The molecule has 0 aliphatic carbocycles. The number of carbonyl (C=O) groups excluding carboxylic acids is 1. The van der Waals surface area contributed by atoms with E-state index in [4.69, 9.17) is 10.5 Å². The van der Waals surface area contributed by atoms with E-state index in [1.165, 1.54) is 12.1 Å². The Morgan fingerprint density at radius 1 is 1.59 bits per heavy atom. The molecule has 0 saturated carbocycles. The van der Waals surface area contributed by atoms with Crippen molar-refractivity contribution in [3.05, 3.63) is 29.6 Å². The molecule has 2 unspecified atom stereocenters. The zero-order valence-corrected chi connectivity index (χ0v) is 9.57. The van der Waals surface area contributed by atoms with E-state index in [2.05, 4.69) is 5.32 Å². The summed E-state index contributed by atoms with van der Waals surface area (Å²) in [4.78, 5) is 11.9. The molecule has 1 heterocycles. The maximum Gasteiger partial charge on any atom is 0.253 e. The minimum absolute atomic E-state index is 0.0197. The van der Waals surface area contributed by atoms with Crippen LogP contribution in [0, 0.1) is 5.82 Å². The van der Waals surface area contributed by atoms with Gasteiger partial charge in [-0.25, -0.2) is 4.39 Å². The molecule has 1 saturated heterocycles. The van der Waals surface area contributed by atoms with Gasteiger partial charge in [0.15, 0.2) is 0 Å². The van der Waals surface area contributed by atoms with Crippen molar-refractivity contribution < 1.29 is 13.9 Å². The standard InChI is InChI=1S/C12H15FN2O2/c1-7-11(4-5-17-7)15-12(16)9-6-8(13)2-3-10(9)14/h2-3,6-7,11H,4-5,14H2,1H3,(H,15,16). The van der Waals surface area contributed by atoms with E-state index >= 15 is 0 Å². The smallest absolute Gasteiger partial charge is 0.253 e. The van der Waals surface area contributed by atoms with E-state index in [0.717, 1.165) is 12.5 Å². The summed E-state index contributed by atoms with van der Waals surface area (Å²) < 4.78 is 18.4. The third-order valence-corrected chi connectivity index (χ3v) is 2.95. The van der Waals surface area contributed by atoms with E-state index in [1.807, 2.05) is 6.92 Å². The fourth-order valence-electron chi connectivity index (χ4n) is 1.89. The Labute approximate surface area is 98.9 Å². The van der Waals surface area contributed by atoms with Crippen molar-refractivity contribution in [1.29, 1.82) is 0 Å². The fourth-order valence-corrected chi connectivity index (χ4v) is 1.89. The second kappa shape index (κ2) is 4.71. The van der Waals surface area contributed by atoms with Crippen LogP contribution >= 0.6 is 0 Å². The van der Waals surface area contributed by atoms with Gasteiger partial charge in [0, 0.05) is 12.3 Å². The van der Waals surface area contributed by atoms with Gasteiger partial charge in [0.2, 0.25) is 0 Å². The number of nitrogens with one attached hydrogen (secondary N) is 1. The minimum Gasteiger partial charge on any atom is -0.398 e. The Morgan fingerprint density at radius 2 is 2.35 bits per heavy atom. The number of ether oxygens (including phenoxy) is 1. The predicted octanol–water partition coefficient (Wildman–Crippen LogP) is 1.32. The molecule has 3 N–H and O–H groups in total. The number of hydrogen-bond donors (Lipinski definition) is 2. The summed E-state index contributed by atoms with van der Waals surface area (Å²) in [7, 11) is 0. The summed E-state index contributed by atoms with van der Waals surface area (Å²) in [5.74, 6) is -0.829. The van der Waals surface area contributed by atoms with Crippen LogP contribution in [0.3, 0.4) is 0 Å². The predicted molar refractivity (Wildman–Crippen MR) is 62.1 cm³/mol. The molecule has 0 spiro atoms. The van der Waals surface area contributed by atoms with Crippen LogP contribution < -0.4 is 11.1 Å². The quantitative estimate of drug-likeness (QED) is 0.764. The zero-order chi connectivity index (χ0) is 12.4. The van der Waals surface area contributed by atoms with Gasteiger partial charge < -0.3 is 15.8 Å². The number of anilines is 1. The topological polar surface area (TPSA) is 64.3 Å². The van der Waals surface area contributed by atoms with Crippen LogP contribution in [-0.4, -0.2) is 24.7 Å². The van der Waals surface area contributed by atoms with E-state index in [-0.39, 0.29) is 29.3 Å². The molecule has 1 aliphatic heterocycles. The number of rotatable bonds is 2. The second-order valence-corrected chi connectivity index (χ2v) is 4.18. The largest absolute Gasteiger partial charge is 0.398 e. The number of benzene rings is 1. The SMILES string of the molecule is CC1OCCC1NC(=O)c1cc(F)ccc1N. The third kappa shape index (κ3) is 2.55. The third-order valence-electron chi connectivity index (χ3n) is 2.95. The maximum absolute atomic E-state index is 13.0. The molecule has 0 aromatic heterocycles. The van der Waals surface area contributed by atoms with Gasteiger partial charge in [0.1, 0.15) is 5.82 Å². The molecule has 2 rings (SSSR count). The Morgan fingerprint density at radius 3 is 3.00 bits per heavy atom. The highest BCUT2D eigenvalue weighted by Gasteiger charge is 2.26. The van der Waals surface area contributed by atoms with Crippen LogP contribution in [0.4, 0.5) is 10.1 Å². The fraction of sp³-hybridized carbons (Fsp3) is 0.417. The molecule has 1 amide bonds. The number of nitrogen functional groups attached to an aromatic ring is 1. The monoisotopic (exact) mass is 238 g/mol. The Hall–Kier alpha value is -1.62. The lowest BCUT2D eigenvalue weighted by atomic mass is 10.1. The summed E-state index contributed by atoms with van der Waals surface area (Å²) in [6, 6.07) is 3.72. The summed E-state index contributed by atoms with van der Waals surface area (Å²) in [5, 5.41) is 2.80. The maximum atomic E-state index is 13.0. The first-order valence-corrected chi connectivity index (χ1v) is 5.55. The summed E-state index contributed by atoms with van der Waals surface area (Å²) in [5.41, 5.74) is 6.08. The van der Waals surface area contributed by atoms with E-state index in [0.29, 0.717) is 6.61 Å².